The second-order valence-corrected chi connectivity index (χ2v) is 6.53. The van der Waals surface area contributed by atoms with E-state index >= 15 is 0 Å². The fourth-order valence-corrected chi connectivity index (χ4v) is 3.74. The van der Waals surface area contributed by atoms with E-state index in [-0.39, 0.29) is 29.7 Å². The quantitative estimate of drug-likeness (QED) is 0.791. The Hall–Kier alpha value is -1.10. The second-order valence-electron chi connectivity index (χ2n) is 6.53. The summed E-state index contributed by atoms with van der Waals surface area (Å²) in [5.74, 6) is 0.328. The molecule has 1 spiro atoms. The summed E-state index contributed by atoms with van der Waals surface area (Å²) in [6, 6.07) is 0. The minimum absolute atomic E-state index is 0.0815. The number of nitrogens with one attached hydrogen (secondary N) is 2. The summed E-state index contributed by atoms with van der Waals surface area (Å²) in [5.41, 5.74) is 0.253. The largest absolute Gasteiger partial charge is 0.347 e. The molecule has 1 unspecified atom stereocenters. The van der Waals surface area contributed by atoms with Gasteiger partial charge in [0.25, 0.3) is 0 Å². The van der Waals surface area contributed by atoms with Gasteiger partial charge in [-0.05, 0) is 57.0 Å². The van der Waals surface area contributed by atoms with E-state index in [1.807, 2.05) is 4.90 Å². The Labute approximate surface area is 120 Å². The fourth-order valence-electron chi connectivity index (χ4n) is 3.74. The average Bonchev–Trinajstić information content (AvgIpc) is 3.19. The van der Waals surface area contributed by atoms with Crippen LogP contribution in [0.25, 0.3) is 0 Å². The van der Waals surface area contributed by atoms with Crippen LogP contribution in [0.5, 0.6) is 0 Å². The molecule has 2 amide bonds. The van der Waals surface area contributed by atoms with Crippen LogP contribution in [-0.2, 0) is 9.59 Å². The van der Waals surface area contributed by atoms with E-state index in [9.17, 15) is 9.59 Å². The lowest BCUT2D eigenvalue weighted by atomic mass is 9.92. The average molecular weight is 279 g/mol. The zero-order chi connectivity index (χ0) is 14.0. The number of nitrogens with zero attached hydrogens (tertiary/aromatic N) is 1. The van der Waals surface area contributed by atoms with Crippen molar-refractivity contribution in [2.45, 2.75) is 38.5 Å². The van der Waals surface area contributed by atoms with Crippen LogP contribution >= 0.6 is 0 Å². The van der Waals surface area contributed by atoms with Crippen molar-refractivity contribution < 1.29 is 9.59 Å². The van der Waals surface area contributed by atoms with Gasteiger partial charge in [0.05, 0.1) is 6.54 Å². The van der Waals surface area contributed by atoms with Crippen LogP contribution in [0, 0.1) is 11.3 Å². The summed E-state index contributed by atoms with van der Waals surface area (Å²) in [4.78, 5) is 26.1. The molecule has 0 bridgehead atoms. The predicted molar refractivity (Wildman–Crippen MR) is 76.1 cm³/mol. The third-order valence-corrected chi connectivity index (χ3v) is 5.23. The molecule has 1 saturated carbocycles. The van der Waals surface area contributed by atoms with Gasteiger partial charge in [0.15, 0.2) is 0 Å². The smallest absolute Gasteiger partial charge is 0.241 e. The molecular formula is C15H25N3O2. The van der Waals surface area contributed by atoms with Gasteiger partial charge in [0.2, 0.25) is 11.8 Å². The molecule has 1 aliphatic carbocycles. The molecule has 2 N–H and O–H groups in total. The molecule has 0 aromatic rings. The Morgan fingerprint density at radius 1 is 1.15 bits per heavy atom. The molecule has 1 atom stereocenters. The van der Waals surface area contributed by atoms with Crippen molar-refractivity contribution in [3.05, 3.63) is 0 Å². The fraction of sp³-hybridized carbons (Fsp3) is 0.867. The van der Waals surface area contributed by atoms with Crippen molar-refractivity contribution in [1.29, 1.82) is 0 Å². The van der Waals surface area contributed by atoms with E-state index in [0.717, 1.165) is 58.3 Å². The van der Waals surface area contributed by atoms with E-state index < -0.39 is 0 Å². The van der Waals surface area contributed by atoms with Crippen molar-refractivity contribution >= 4 is 11.8 Å². The molecule has 5 nitrogen and oxygen atoms in total. The number of piperidine rings is 2. The van der Waals surface area contributed by atoms with Gasteiger partial charge in [-0.1, -0.05) is 0 Å². The maximum atomic E-state index is 12.2. The van der Waals surface area contributed by atoms with Crippen molar-refractivity contribution in [3.8, 4) is 0 Å². The van der Waals surface area contributed by atoms with Gasteiger partial charge in [0, 0.05) is 19.0 Å². The highest BCUT2D eigenvalue weighted by atomic mass is 16.2. The highest BCUT2D eigenvalue weighted by Crippen LogP contribution is 2.58. The monoisotopic (exact) mass is 279 g/mol. The second kappa shape index (κ2) is 5.72. The normalized spacial score (nSPS) is 28.2. The first-order valence-electron chi connectivity index (χ1n) is 7.97. The third-order valence-electron chi connectivity index (χ3n) is 5.23. The van der Waals surface area contributed by atoms with Gasteiger partial charge in [-0.2, -0.15) is 0 Å². The topological polar surface area (TPSA) is 61.4 Å². The van der Waals surface area contributed by atoms with Gasteiger partial charge >= 0.3 is 0 Å². The minimum atomic E-state index is 0.0815. The lowest BCUT2D eigenvalue weighted by molar-refractivity contribution is -0.134. The summed E-state index contributed by atoms with van der Waals surface area (Å²) in [6.07, 6.45) is 6.63. The van der Waals surface area contributed by atoms with Gasteiger partial charge in [-0.25, -0.2) is 0 Å². The maximum Gasteiger partial charge on any atom is 0.241 e. The Kier molecular flexibility index (Phi) is 3.96. The van der Waals surface area contributed by atoms with E-state index in [1.165, 1.54) is 6.42 Å². The zero-order valence-corrected chi connectivity index (χ0v) is 12.1. The molecule has 0 aromatic heterocycles. The van der Waals surface area contributed by atoms with Crippen molar-refractivity contribution in [3.63, 3.8) is 0 Å². The first-order valence-corrected chi connectivity index (χ1v) is 7.97. The maximum absolute atomic E-state index is 12.2. The molecule has 0 aromatic carbocycles. The molecule has 20 heavy (non-hydrogen) atoms. The Balaban J connectivity index is 1.42. The van der Waals surface area contributed by atoms with Crippen molar-refractivity contribution in [2.24, 2.45) is 11.3 Å². The molecule has 2 heterocycles. The van der Waals surface area contributed by atoms with Crippen molar-refractivity contribution in [1.82, 2.24) is 15.5 Å². The summed E-state index contributed by atoms with van der Waals surface area (Å²) < 4.78 is 0. The molecular weight excluding hydrogens is 254 g/mol. The standard InChI is InChI=1S/C15H25N3O2/c19-13(18-8-2-1-3-9-18)11-17-14(20)12-10-15(12)4-6-16-7-5-15/h12,16H,1-11H2,(H,17,20). The summed E-state index contributed by atoms with van der Waals surface area (Å²) in [5, 5.41) is 6.20. The SMILES string of the molecule is O=C(NCC(=O)N1CCCCC1)C1CC12CCNCC2. The van der Waals surface area contributed by atoms with Gasteiger partial charge in [-0.15, -0.1) is 0 Å². The van der Waals surface area contributed by atoms with E-state index in [0.29, 0.717) is 0 Å². The number of hydrogen-bond donors (Lipinski definition) is 2. The van der Waals surface area contributed by atoms with Crippen LogP contribution in [0.3, 0.4) is 0 Å². The first kappa shape index (κ1) is 13.9. The predicted octanol–water partition coefficient (Wildman–Crippen LogP) is 0.505. The summed E-state index contributed by atoms with van der Waals surface area (Å²) in [7, 11) is 0. The molecule has 3 fully saturated rings. The highest BCUT2D eigenvalue weighted by molar-refractivity contribution is 5.87. The number of hydrogen-bond acceptors (Lipinski definition) is 3. The number of carbonyl (C=O) groups excluding carboxylic acids is 2. The van der Waals surface area contributed by atoms with Gasteiger partial charge < -0.3 is 15.5 Å². The number of likely N-dealkylation sites (tertiary alicyclic amines) is 1. The molecule has 0 radical (unpaired) electrons. The molecule has 3 rings (SSSR count). The van der Waals surface area contributed by atoms with E-state index in [1.54, 1.807) is 0 Å². The molecule has 3 aliphatic rings. The van der Waals surface area contributed by atoms with Crippen LogP contribution in [0.2, 0.25) is 0 Å². The summed E-state index contributed by atoms with van der Waals surface area (Å²) >= 11 is 0. The molecule has 2 aliphatic heterocycles. The van der Waals surface area contributed by atoms with E-state index in [2.05, 4.69) is 10.6 Å². The molecule has 5 heteroatoms. The van der Waals surface area contributed by atoms with Crippen LogP contribution < -0.4 is 10.6 Å². The number of carbonyl (C=O) groups is 2. The Bertz CT molecular complexity index is 385. The zero-order valence-electron chi connectivity index (χ0n) is 12.1. The Morgan fingerprint density at radius 2 is 1.85 bits per heavy atom. The van der Waals surface area contributed by atoms with Gasteiger partial charge in [-0.3, -0.25) is 9.59 Å². The highest BCUT2D eigenvalue weighted by Gasteiger charge is 2.57. The van der Waals surface area contributed by atoms with Crippen LogP contribution in [-0.4, -0.2) is 49.4 Å². The van der Waals surface area contributed by atoms with Crippen molar-refractivity contribution in [2.75, 3.05) is 32.7 Å². The first-order chi connectivity index (χ1) is 9.71. The lowest BCUT2D eigenvalue weighted by Gasteiger charge is -2.27. The Morgan fingerprint density at radius 3 is 2.55 bits per heavy atom. The van der Waals surface area contributed by atoms with Crippen LogP contribution in [0.1, 0.15) is 38.5 Å². The van der Waals surface area contributed by atoms with Gasteiger partial charge in [0.1, 0.15) is 0 Å². The summed E-state index contributed by atoms with van der Waals surface area (Å²) in [6.45, 7) is 3.94. The molecule has 2 saturated heterocycles. The minimum Gasteiger partial charge on any atom is -0.347 e. The van der Waals surface area contributed by atoms with Crippen LogP contribution in [0.15, 0.2) is 0 Å². The third kappa shape index (κ3) is 2.82. The van der Waals surface area contributed by atoms with Crippen LogP contribution in [0.4, 0.5) is 0 Å². The molecule has 112 valence electrons. The lowest BCUT2D eigenvalue weighted by Crippen LogP contribution is -2.43. The van der Waals surface area contributed by atoms with E-state index in [4.69, 9.17) is 0 Å². The number of rotatable bonds is 3. The number of amides is 2.